The number of hydrogen-bond acceptors (Lipinski definition) is 3. The Hall–Kier alpha value is -1.07. The van der Waals surface area contributed by atoms with Gasteiger partial charge in [0.1, 0.15) is 5.56 Å². The average molecular weight is 271 g/mol. The lowest BCUT2D eigenvalue weighted by molar-refractivity contribution is -0.0503. The maximum Gasteiger partial charge on any atom is 0.387 e. The summed E-state index contributed by atoms with van der Waals surface area (Å²) in [6.45, 7) is -3.10. The number of rotatable bonds is 3. The van der Waals surface area contributed by atoms with E-state index in [0.29, 0.717) is 0 Å². The summed E-state index contributed by atoms with van der Waals surface area (Å²) >= 11 is 11.3. The molecule has 0 fully saturated rings. The number of carbonyl (C=O) groups excluding carboxylic acids is 1. The highest BCUT2D eigenvalue weighted by molar-refractivity contribution is 6.36. The van der Waals surface area contributed by atoms with Crippen LogP contribution >= 0.6 is 23.2 Å². The fourth-order valence-electron chi connectivity index (χ4n) is 1.03. The van der Waals surface area contributed by atoms with Gasteiger partial charge in [-0.1, -0.05) is 23.2 Å². The molecule has 1 aromatic carbocycles. The Balaban J connectivity index is 3.26. The molecule has 16 heavy (non-hydrogen) atoms. The number of esters is 1. The van der Waals surface area contributed by atoms with Crippen LogP contribution in [0.4, 0.5) is 8.78 Å². The Morgan fingerprint density at radius 2 is 2.00 bits per heavy atom. The second-order valence-corrected chi connectivity index (χ2v) is 3.48. The Bertz CT molecular complexity index is 410. The summed E-state index contributed by atoms with van der Waals surface area (Å²) in [5.41, 5.74) is -0.250. The smallest absolute Gasteiger partial charge is 0.387 e. The van der Waals surface area contributed by atoms with Crippen molar-refractivity contribution < 1.29 is 23.0 Å². The summed E-state index contributed by atoms with van der Waals surface area (Å²) in [6.07, 6.45) is 0. The van der Waals surface area contributed by atoms with Crippen molar-refractivity contribution >= 4 is 29.2 Å². The molecule has 0 saturated heterocycles. The van der Waals surface area contributed by atoms with Crippen molar-refractivity contribution in [1.82, 2.24) is 0 Å². The SMILES string of the molecule is COC(=O)c1cc(Cl)cc(Cl)c1OC(F)F. The first kappa shape index (κ1) is 13.0. The minimum Gasteiger partial charge on any atom is -0.465 e. The summed E-state index contributed by atoms with van der Waals surface area (Å²) < 4.78 is 32.7. The van der Waals surface area contributed by atoms with Gasteiger partial charge in [0.05, 0.1) is 12.1 Å². The number of methoxy groups -OCH3 is 1. The predicted molar refractivity (Wildman–Crippen MR) is 54.4 cm³/mol. The second kappa shape index (κ2) is 5.32. The van der Waals surface area contributed by atoms with E-state index in [4.69, 9.17) is 23.2 Å². The quantitative estimate of drug-likeness (QED) is 0.790. The monoisotopic (exact) mass is 270 g/mol. The summed E-state index contributed by atoms with van der Waals surface area (Å²) in [6, 6.07) is 2.32. The molecule has 1 rings (SSSR count). The Morgan fingerprint density at radius 3 is 2.50 bits per heavy atom. The number of benzene rings is 1. The molecule has 0 atom stereocenters. The number of halogens is 4. The van der Waals surface area contributed by atoms with E-state index < -0.39 is 18.3 Å². The lowest BCUT2D eigenvalue weighted by Gasteiger charge is -2.11. The van der Waals surface area contributed by atoms with Crippen molar-refractivity contribution in [1.29, 1.82) is 0 Å². The summed E-state index contributed by atoms with van der Waals surface area (Å²) in [7, 11) is 1.10. The Morgan fingerprint density at radius 1 is 1.38 bits per heavy atom. The average Bonchev–Trinajstić information content (AvgIpc) is 2.20. The van der Waals surface area contributed by atoms with E-state index >= 15 is 0 Å². The number of hydrogen-bond donors (Lipinski definition) is 0. The van der Waals surface area contributed by atoms with Crippen LogP contribution in [0.15, 0.2) is 12.1 Å². The van der Waals surface area contributed by atoms with E-state index in [1.54, 1.807) is 0 Å². The lowest BCUT2D eigenvalue weighted by atomic mass is 10.2. The molecule has 0 radical (unpaired) electrons. The number of carbonyl (C=O) groups is 1. The molecule has 0 saturated carbocycles. The molecule has 0 aromatic heterocycles. The highest BCUT2D eigenvalue weighted by Crippen LogP contribution is 2.33. The van der Waals surface area contributed by atoms with Crippen LogP contribution in [-0.2, 0) is 4.74 Å². The highest BCUT2D eigenvalue weighted by Gasteiger charge is 2.20. The predicted octanol–water partition coefficient (Wildman–Crippen LogP) is 3.38. The van der Waals surface area contributed by atoms with E-state index in [2.05, 4.69) is 9.47 Å². The van der Waals surface area contributed by atoms with Gasteiger partial charge in [0.25, 0.3) is 0 Å². The second-order valence-electron chi connectivity index (χ2n) is 2.63. The third kappa shape index (κ3) is 2.96. The van der Waals surface area contributed by atoms with E-state index in [1.807, 2.05) is 0 Å². The van der Waals surface area contributed by atoms with Crippen LogP contribution in [0, 0.1) is 0 Å². The molecule has 0 aliphatic rings. The zero-order chi connectivity index (χ0) is 12.3. The van der Waals surface area contributed by atoms with Gasteiger partial charge >= 0.3 is 12.6 Å². The van der Waals surface area contributed by atoms with Crippen molar-refractivity contribution in [2.24, 2.45) is 0 Å². The van der Waals surface area contributed by atoms with Gasteiger partial charge in [-0.15, -0.1) is 0 Å². The molecule has 0 spiro atoms. The Kier molecular flexibility index (Phi) is 4.32. The number of ether oxygens (including phenoxy) is 2. The van der Waals surface area contributed by atoms with Gasteiger partial charge in [-0.05, 0) is 12.1 Å². The van der Waals surface area contributed by atoms with Crippen LogP contribution in [0.3, 0.4) is 0 Å². The molecular formula is C9H6Cl2F2O3. The lowest BCUT2D eigenvalue weighted by Crippen LogP contribution is -2.09. The summed E-state index contributed by atoms with van der Waals surface area (Å²) in [5, 5.41) is -0.0692. The first-order chi connectivity index (χ1) is 7.45. The third-order valence-corrected chi connectivity index (χ3v) is 2.12. The molecule has 0 heterocycles. The molecule has 0 aliphatic carbocycles. The van der Waals surface area contributed by atoms with Gasteiger partial charge in [-0.2, -0.15) is 8.78 Å². The van der Waals surface area contributed by atoms with Gasteiger partial charge < -0.3 is 9.47 Å². The van der Waals surface area contributed by atoms with Crippen LogP contribution < -0.4 is 4.74 Å². The van der Waals surface area contributed by atoms with Crippen LogP contribution in [0.5, 0.6) is 5.75 Å². The van der Waals surface area contributed by atoms with E-state index in [0.717, 1.165) is 13.2 Å². The topological polar surface area (TPSA) is 35.5 Å². The summed E-state index contributed by atoms with van der Waals surface area (Å²) in [4.78, 5) is 11.3. The van der Waals surface area contributed by atoms with E-state index in [1.165, 1.54) is 6.07 Å². The first-order valence-electron chi connectivity index (χ1n) is 3.98. The molecule has 0 unspecified atom stereocenters. The van der Waals surface area contributed by atoms with Gasteiger partial charge in [0.15, 0.2) is 5.75 Å². The molecule has 88 valence electrons. The molecule has 1 aromatic rings. The fourth-order valence-corrected chi connectivity index (χ4v) is 1.57. The highest BCUT2D eigenvalue weighted by atomic mass is 35.5. The van der Waals surface area contributed by atoms with E-state index in [-0.39, 0.29) is 15.6 Å². The normalized spacial score (nSPS) is 10.4. The van der Waals surface area contributed by atoms with Gasteiger partial charge in [0.2, 0.25) is 0 Å². The zero-order valence-electron chi connectivity index (χ0n) is 7.97. The minimum atomic E-state index is -3.10. The minimum absolute atomic E-state index is 0.118. The molecule has 0 bridgehead atoms. The van der Waals surface area contributed by atoms with Crippen LogP contribution in [0.1, 0.15) is 10.4 Å². The maximum absolute atomic E-state index is 12.1. The molecule has 3 nitrogen and oxygen atoms in total. The molecule has 0 amide bonds. The molecular weight excluding hydrogens is 265 g/mol. The van der Waals surface area contributed by atoms with Crippen LogP contribution in [0.2, 0.25) is 10.0 Å². The standard InChI is InChI=1S/C9H6Cl2F2O3/c1-15-8(14)5-2-4(10)3-6(11)7(5)16-9(12)13/h2-3,9H,1H3. The van der Waals surface area contributed by atoms with Crippen molar-refractivity contribution in [2.45, 2.75) is 6.61 Å². The van der Waals surface area contributed by atoms with Crippen molar-refractivity contribution in [3.8, 4) is 5.75 Å². The number of alkyl halides is 2. The molecule has 0 N–H and O–H groups in total. The van der Waals surface area contributed by atoms with E-state index in [9.17, 15) is 13.6 Å². The fraction of sp³-hybridized carbons (Fsp3) is 0.222. The van der Waals surface area contributed by atoms with Crippen molar-refractivity contribution in [3.05, 3.63) is 27.7 Å². The van der Waals surface area contributed by atoms with Crippen molar-refractivity contribution in [2.75, 3.05) is 7.11 Å². The molecule has 7 heteroatoms. The third-order valence-electron chi connectivity index (χ3n) is 1.62. The summed E-state index contributed by atoms with van der Waals surface area (Å²) in [5.74, 6) is -1.31. The maximum atomic E-state index is 12.1. The van der Waals surface area contributed by atoms with Gasteiger partial charge in [-0.3, -0.25) is 0 Å². The zero-order valence-corrected chi connectivity index (χ0v) is 9.48. The Labute approximate surface area is 99.9 Å². The van der Waals surface area contributed by atoms with Crippen LogP contribution in [-0.4, -0.2) is 19.7 Å². The largest absolute Gasteiger partial charge is 0.465 e. The van der Waals surface area contributed by atoms with Crippen molar-refractivity contribution in [3.63, 3.8) is 0 Å². The van der Waals surface area contributed by atoms with Gasteiger partial charge in [0, 0.05) is 5.02 Å². The molecule has 0 aliphatic heterocycles. The van der Waals surface area contributed by atoms with Gasteiger partial charge in [-0.25, -0.2) is 4.79 Å². The first-order valence-corrected chi connectivity index (χ1v) is 4.73. The van der Waals surface area contributed by atoms with Crippen LogP contribution in [0.25, 0.3) is 0 Å².